The Morgan fingerprint density at radius 2 is 1.02 bits per heavy atom. The second kappa shape index (κ2) is 21.7. The summed E-state index contributed by atoms with van der Waals surface area (Å²) in [5.41, 5.74) is 5.21. The molecular formula is C44H49Cl3N10O2. The van der Waals surface area contributed by atoms with E-state index in [1.807, 2.05) is 72.8 Å². The highest BCUT2D eigenvalue weighted by atomic mass is 35.5. The summed E-state index contributed by atoms with van der Waals surface area (Å²) in [6.45, 7) is 8.65. The average Bonchev–Trinajstić information content (AvgIpc) is 3.25. The molecule has 8 rings (SSSR count). The van der Waals surface area contributed by atoms with Crippen LogP contribution in [0.3, 0.4) is 0 Å². The molecule has 4 aromatic carbocycles. The molecule has 0 bridgehead atoms. The third-order valence-electron chi connectivity index (χ3n) is 9.53. The second-order valence-corrected chi connectivity index (χ2v) is 15.1. The molecule has 0 radical (unpaired) electrons. The van der Waals surface area contributed by atoms with E-state index in [2.05, 4.69) is 72.9 Å². The van der Waals surface area contributed by atoms with Crippen LogP contribution in [0.25, 0.3) is 22.5 Å². The summed E-state index contributed by atoms with van der Waals surface area (Å²) in [6.07, 6.45) is 0. The van der Waals surface area contributed by atoms with E-state index in [9.17, 15) is 0 Å². The first-order chi connectivity index (χ1) is 28.7. The minimum Gasteiger partial charge on any atom is -0.495 e. The van der Waals surface area contributed by atoms with Gasteiger partial charge >= 0.3 is 0 Å². The van der Waals surface area contributed by atoms with Crippen LogP contribution in [0.4, 0.5) is 29.1 Å². The fourth-order valence-electron chi connectivity index (χ4n) is 6.20. The Balaban J connectivity index is 0.000000173. The molecule has 4 heterocycles. The summed E-state index contributed by atoms with van der Waals surface area (Å²) in [4.78, 5) is 25.2. The molecular weight excluding hydrogens is 807 g/mol. The fourth-order valence-corrected chi connectivity index (χ4v) is 6.90. The lowest BCUT2D eigenvalue weighted by Gasteiger charge is -2.33. The average molecular weight is 856 g/mol. The zero-order chi connectivity index (χ0) is 41.6. The number of methoxy groups -OCH3 is 2. The van der Waals surface area contributed by atoms with Gasteiger partial charge in [-0.15, -0.1) is 0 Å². The highest BCUT2D eigenvalue weighted by Gasteiger charge is 2.18. The smallest absolute Gasteiger partial charge is 0.229 e. The molecule has 12 nitrogen and oxygen atoms in total. The Hall–Kier alpha value is -5.21. The maximum absolute atomic E-state index is 6.27. The SMILES string of the molecule is CN1CCNCC1.COc1ccc(Nc2nc(-c3ccccc3)cc(N3CCN(C)CC3)n2)cc1Cl.COc1ccc(Nc2nc(Cl)cc(-c3ccccc3)n2)cc1Cl. The summed E-state index contributed by atoms with van der Waals surface area (Å²) in [6, 6.07) is 34.6. The molecule has 59 heavy (non-hydrogen) atoms. The lowest BCUT2D eigenvalue weighted by Crippen LogP contribution is -2.44. The maximum atomic E-state index is 6.27. The summed E-state index contributed by atoms with van der Waals surface area (Å²) >= 11 is 18.5. The summed E-state index contributed by atoms with van der Waals surface area (Å²) in [5, 5.41) is 11.1. The molecule has 2 saturated heterocycles. The highest BCUT2D eigenvalue weighted by molar-refractivity contribution is 6.32. The number of likely N-dealkylation sites (N-methyl/N-ethyl adjacent to an activating group) is 2. The molecule has 15 heteroatoms. The van der Waals surface area contributed by atoms with Crippen molar-refractivity contribution in [3.05, 3.63) is 124 Å². The number of nitrogens with zero attached hydrogens (tertiary/aromatic N) is 7. The van der Waals surface area contributed by atoms with E-state index < -0.39 is 0 Å². The van der Waals surface area contributed by atoms with Gasteiger partial charge in [-0.2, -0.15) is 4.98 Å². The van der Waals surface area contributed by atoms with Crippen LogP contribution in [-0.4, -0.2) is 110 Å². The van der Waals surface area contributed by atoms with Crippen molar-refractivity contribution in [1.29, 1.82) is 0 Å². The predicted octanol–water partition coefficient (Wildman–Crippen LogP) is 9.03. The van der Waals surface area contributed by atoms with E-state index in [0.29, 0.717) is 38.6 Å². The van der Waals surface area contributed by atoms with Crippen molar-refractivity contribution in [2.75, 3.05) is 96.2 Å². The zero-order valence-corrected chi connectivity index (χ0v) is 35.9. The standard InChI is InChI=1S/C22H24ClN5O.C17H13Cl2N3O.C5H12N2/c1-27-10-12-28(13-11-27)21-15-19(16-6-4-3-5-7-16)25-22(26-21)24-17-8-9-20(29-2)18(23)14-17;1-23-15-8-7-12(9-13(15)18)20-17-21-14(10-16(19)22-17)11-5-3-2-4-6-11;1-7-4-2-6-3-5-7/h3-9,14-15H,10-13H2,1-2H3,(H,24,25,26);2-10H,1H3,(H,20,21,22);6H,2-5H2,1H3. The van der Waals surface area contributed by atoms with Crippen LogP contribution in [-0.2, 0) is 0 Å². The summed E-state index contributed by atoms with van der Waals surface area (Å²) in [7, 11) is 7.47. The van der Waals surface area contributed by atoms with Gasteiger partial charge in [0.2, 0.25) is 11.9 Å². The lowest BCUT2D eigenvalue weighted by atomic mass is 10.1. The minimum absolute atomic E-state index is 0.362. The predicted molar refractivity (Wildman–Crippen MR) is 243 cm³/mol. The Bertz CT molecular complexity index is 2240. The monoisotopic (exact) mass is 854 g/mol. The number of benzene rings is 4. The third kappa shape index (κ3) is 12.9. The Labute approximate surface area is 361 Å². The molecule has 2 aliphatic rings. The van der Waals surface area contributed by atoms with Gasteiger partial charge in [-0.3, -0.25) is 0 Å². The van der Waals surface area contributed by atoms with Gasteiger partial charge < -0.3 is 40.1 Å². The number of hydrogen-bond donors (Lipinski definition) is 3. The molecule has 308 valence electrons. The molecule has 2 fully saturated rings. The molecule has 0 aliphatic carbocycles. The van der Waals surface area contributed by atoms with E-state index >= 15 is 0 Å². The van der Waals surface area contributed by atoms with Crippen molar-refractivity contribution in [1.82, 2.24) is 35.1 Å². The number of rotatable bonds is 9. The van der Waals surface area contributed by atoms with Gasteiger partial charge in [0.05, 0.1) is 35.7 Å². The normalized spacial score (nSPS) is 14.3. The molecule has 0 spiro atoms. The van der Waals surface area contributed by atoms with Crippen molar-refractivity contribution in [2.45, 2.75) is 0 Å². The van der Waals surface area contributed by atoms with Gasteiger partial charge in [0.15, 0.2) is 0 Å². The van der Waals surface area contributed by atoms with Crippen molar-refractivity contribution in [3.8, 4) is 34.0 Å². The number of aromatic nitrogens is 4. The number of ether oxygens (including phenoxy) is 2. The Morgan fingerprint density at radius 1 is 0.542 bits per heavy atom. The molecule has 0 amide bonds. The lowest BCUT2D eigenvalue weighted by molar-refractivity contribution is 0.291. The zero-order valence-electron chi connectivity index (χ0n) is 33.6. The van der Waals surface area contributed by atoms with E-state index in [-0.39, 0.29) is 0 Å². The maximum Gasteiger partial charge on any atom is 0.229 e. The summed E-state index contributed by atoms with van der Waals surface area (Å²) in [5.74, 6) is 3.11. The number of halogens is 3. The molecule has 0 atom stereocenters. The second-order valence-electron chi connectivity index (χ2n) is 13.9. The first-order valence-electron chi connectivity index (χ1n) is 19.3. The molecule has 2 aliphatic heterocycles. The third-order valence-corrected chi connectivity index (χ3v) is 10.3. The van der Waals surface area contributed by atoms with Gasteiger partial charge in [-0.1, -0.05) is 95.5 Å². The number of anilines is 5. The van der Waals surface area contributed by atoms with E-state index in [0.717, 1.165) is 79.0 Å². The number of hydrogen-bond acceptors (Lipinski definition) is 12. The van der Waals surface area contributed by atoms with Crippen LogP contribution in [0.15, 0.2) is 109 Å². The van der Waals surface area contributed by atoms with E-state index in [1.54, 1.807) is 32.4 Å². The van der Waals surface area contributed by atoms with Crippen molar-refractivity contribution in [2.24, 2.45) is 0 Å². The molecule has 2 aromatic heterocycles. The molecule has 0 saturated carbocycles. The van der Waals surface area contributed by atoms with Crippen molar-refractivity contribution in [3.63, 3.8) is 0 Å². The number of piperazine rings is 2. The largest absolute Gasteiger partial charge is 0.495 e. The van der Waals surface area contributed by atoms with Gasteiger partial charge in [0.25, 0.3) is 0 Å². The van der Waals surface area contributed by atoms with Crippen molar-refractivity contribution >= 4 is 63.9 Å². The quantitative estimate of drug-likeness (QED) is 0.121. The fraction of sp³-hybridized carbons (Fsp3) is 0.273. The molecule has 0 unspecified atom stereocenters. The van der Waals surface area contributed by atoms with Crippen LogP contribution in [0, 0.1) is 0 Å². The Kier molecular flexibility index (Phi) is 15.9. The van der Waals surface area contributed by atoms with Gasteiger partial charge in [0, 0.05) is 87.0 Å². The minimum atomic E-state index is 0.362. The summed E-state index contributed by atoms with van der Waals surface area (Å²) < 4.78 is 10.4. The van der Waals surface area contributed by atoms with Crippen molar-refractivity contribution < 1.29 is 9.47 Å². The van der Waals surface area contributed by atoms with Crippen LogP contribution >= 0.6 is 34.8 Å². The molecule has 3 N–H and O–H groups in total. The van der Waals surface area contributed by atoms with E-state index in [4.69, 9.17) is 54.2 Å². The van der Waals surface area contributed by atoms with Crippen LogP contribution in [0.1, 0.15) is 0 Å². The first kappa shape index (κ1) is 43.4. The Morgan fingerprint density at radius 3 is 1.47 bits per heavy atom. The molecule has 6 aromatic rings. The van der Waals surface area contributed by atoms with E-state index in [1.165, 1.54) is 13.1 Å². The van der Waals surface area contributed by atoms with Crippen LogP contribution in [0.5, 0.6) is 11.5 Å². The van der Waals surface area contributed by atoms with Crippen LogP contribution in [0.2, 0.25) is 15.2 Å². The first-order valence-corrected chi connectivity index (χ1v) is 20.4. The topological polar surface area (TPSA) is 116 Å². The number of nitrogens with one attached hydrogen (secondary N) is 3. The van der Waals surface area contributed by atoms with Crippen LogP contribution < -0.4 is 30.3 Å². The van der Waals surface area contributed by atoms with Gasteiger partial charge in [-0.05, 0) is 50.5 Å². The van der Waals surface area contributed by atoms with Gasteiger partial charge in [0.1, 0.15) is 22.5 Å². The van der Waals surface area contributed by atoms with Gasteiger partial charge in [-0.25, -0.2) is 15.0 Å². The highest BCUT2D eigenvalue weighted by Crippen LogP contribution is 2.31.